The van der Waals surface area contributed by atoms with Crippen LogP contribution in [0.1, 0.15) is 0 Å². The summed E-state index contributed by atoms with van der Waals surface area (Å²) in [5.74, 6) is 1.52. The molecule has 0 amide bonds. The van der Waals surface area contributed by atoms with Crippen LogP contribution >= 0.6 is 12.6 Å². The van der Waals surface area contributed by atoms with E-state index >= 15 is 0 Å². The largest absolute Gasteiger partial charge is 0.325 e. The molecule has 3 heteroatoms. The first-order valence-electron chi connectivity index (χ1n) is 1.44. The molecule has 0 rings (SSSR count). The monoisotopic (exact) mass is 103 g/mol. The quantitative estimate of drug-likeness (QED) is 0.350. The van der Waals surface area contributed by atoms with Crippen molar-refractivity contribution in [3.05, 3.63) is 4.91 Å². The molecule has 0 spiro atoms. The summed E-state index contributed by atoms with van der Waals surface area (Å²) in [6, 6.07) is 0. The standard InChI is InChI=1S/C3H5NOS/c4-1-3(6)2-5/h6H,1,4H2. The van der Waals surface area contributed by atoms with Crippen molar-refractivity contribution >= 4 is 18.6 Å². The predicted octanol–water partition coefficient (Wildman–Crippen LogP) is -0.410. The molecule has 0 aromatic heterocycles. The van der Waals surface area contributed by atoms with Gasteiger partial charge in [-0.3, -0.25) is 0 Å². The third kappa shape index (κ3) is 2.03. The Morgan fingerprint density at radius 2 is 2.50 bits per heavy atom. The number of hydrogen-bond donors (Lipinski definition) is 2. The Morgan fingerprint density at radius 3 is 2.50 bits per heavy atom. The molecule has 0 aliphatic heterocycles. The van der Waals surface area contributed by atoms with Gasteiger partial charge in [-0.25, -0.2) is 4.79 Å². The van der Waals surface area contributed by atoms with Crippen LogP contribution in [0.25, 0.3) is 0 Å². The first-order valence-corrected chi connectivity index (χ1v) is 1.89. The minimum Gasteiger partial charge on any atom is -0.325 e. The van der Waals surface area contributed by atoms with Gasteiger partial charge in [0.15, 0.2) is 0 Å². The average molecular weight is 103 g/mol. The van der Waals surface area contributed by atoms with Crippen molar-refractivity contribution in [3.63, 3.8) is 0 Å². The predicted molar refractivity (Wildman–Crippen MR) is 27.2 cm³/mol. The lowest BCUT2D eigenvalue weighted by atomic mass is 10.6. The number of hydrogen-bond acceptors (Lipinski definition) is 3. The second kappa shape index (κ2) is 2.97. The average Bonchev–Trinajstić information content (AvgIpc) is 1.65. The van der Waals surface area contributed by atoms with E-state index in [2.05, 4.69) is 12.6 Å². The van der Waals surface area contributed by atoms with Crippen molar-refractivity contribution in [1.29, 1.82) is 0 Å². The summed E-state index contributed by atoms with van der Waals surface area (Å²) in [4.78, 5) is 9.68. The van der Waals surface area contributed by atoms with Gasteiger partial charge in [0, 0.05) is 6.54 Å². The molecular formula is C3H5NOS. The fourth-order valence-corrected chi connectivity index (χ4v) is 0.0417. The molecular weight excluding hydrogens is 98.1 g/mol. The Bertz CT molecular complexity index is 84.8. The van der Waals surface area contributed by atoms with Crippen molar-refractivity contribution in [2.45, 2.75) is 0 Å². The number of thiol groups is 1. The van der Waals surface area contributed by atoms with Crippen molar-refractivity contribution in [2.75, 3.05) is 6.54 Å². The molecule has 0 unspecified atom stereocenters. The molecule has 0 radical (unpaired) electrons. The Balaban J connectivity index is 3.52. The number of carbonyl (C=O) groups excluding carboxylic acids is 1. The highest BCUT2D eigenvalue weighted by Gasteiger charge is 1.77. The molecule has 0 aromatic carbocycles. The zero-order valence-electron chi connectivity index (χ0n) is 3.14. The van der Waals surface area contributed by atoms with E-state index in [4.69, 9.17) is 5.73 Å². The molecule has 0 bridgehead atoms. The van der Waals surface area contributed by atoms with Gasteiger partial charge in [-0.15, -0.1) is 12.6 Å². The molecule has 2 nitrogen and oxygen atoms in total. The van der Waals surface area contributed by atoms with Gasteiger partial charge in [0.2, 0.25) is 0 Å². The maximum absolute atomic E-state index is 9.42. The summed E-state index contributed by atoms with van der Waals surface area (Å²) >= 11 is 3.60. The molecule has 0 atom stereocenters. The second-order valence-corrected chi connectivity index (χ2v) is 1.29. The SMILES string of the molecule is NCC(S)=C=O. The molecule has 0 aromatic rings. The lowest BCUT2D eigenvalue weighted by molar-refractivity contribution is 0.568. The van der Waals surface area contributed by atoms with Crippen molar-refractivity contribution < 1.29 is 4.79 Å². The lowest BCUT2D eigenvalue weighted by Crippen LogP contribution is -1.97. The molecule has 34 valence electrons. The Labute approximate surface area is 41.4 Å². The van der Waals surface area contributed by atoms with Crippen LogP contribution in [0, 0.1) is 0 Å². The Kier molecular flexibility index (Phi) is 2.85. The van der Waals surface area contributed by atoms with Crippen LogP contribution in [-0.2, 0) is 4.79 Å². The lowest BCUT2D eigenvalue weighted by Gasteiger charge is -1.76. The van der Waals surface area contributed by atoms with Gasteiger partial charge < -0.3 is 5.73 Å². The van der Waals surface area contributed by atoms with Gasteiger partial charge in [-0.1, -0.05) is 0 Å². The molecule has 0 saturated carbocycles. The highest BCUT2D eigenvalue weighted by Crippen LogP contribution is 1.85. The summed E-state index contributed by atoms with van der Waals surface area (Å²) in [6.07, 6.45) is 0. The van der Waals surface area contributed by atoms with E-state index in [1.54, 1.807) is 0 Å². The molecule has 0 aliphatic rings. The fraction of sp³-hybridized carbons (Fsp3) is 0.333. The van der Waals surface area contributed by atoms with Crippen LogP contribution in [-0.4, -0.2) is 12.5 Å². The normalized spacial score (nSPS) is 7.00. The van der Waals surface area contributed by atoms with E-state index in [0.717, 1.165) is 0 Å². The third-order valence-electron chi connectivity index (χ3n) is 0.311. The van der Waals surface area contributed by atoms with E-state index in [1.807, 2.05) is 0 Å². The maximum Gasteiger partial charge on any atom is 0.135 e. The Morgan fingerprint density at radius 1 is 2.00 bits per heavy atom. The van der Waals surface area contributed by atoms with E-state index in [1.165, 1.54) is 5.94 Å². The number of nitrogens with two attached hydrogens (primary N) is 1. The molecule has 0 saturated heterocycles. The van der Waals surface area contributed by atoms with Gasteiger partial charge >= 0.3 is 0 Å². The summed E-state index contributed by atoms with van der Waals surface area (Å²) < 4.78 is 0. The van der Waals surface area contributed by atoms with Gasteiger partial charge in [0.05, 0.1) is 4.91 Å². The summed E-state index contributed by atoms with van der Waals surface area (Å²) in [5.41, 5.74) is 4.91. The molecule has 0 heterocycles. The highest BCUT2D eigenvalue weighted by atomic mass is 32.1. The first-order chi connectivity index (χ1) is 2.81. The number of rotatable bonds is 1. The van der Waals surface area contributed by atoms with Gasteiger partial charge in [0.25, 0.3) is 0 Å². The van der Waals surface area contributed by atoms with E-state index in [-0.39, 0.29) is 11.4 Å². The van der Waals surface area contributed by atoms with Gasteiger partial charge in [-0.05, 0) is 0 Å². The highest BCUT2D eigenvalue weighted by molar-refractivity contribution is 7.84. The molecule has 6 heavy (non-hydrogen) atoms. The minimum atomic E-state index is 0.187. The van der Waals surface area contributed by atoms with Crippen LogP contribution in [0.15, 0.2) is 4.91 Å². The summed E-state index contributed by atoms with van der Waals surface area (Å²) in [6.45, 7) is 0.187. The van der Waals surface area contributed by atoms with Crippen LogP contribution in [0.3, 0.4) is 0 Å². The maximum atomic E-state index is 9.42. The first kappa shape index (κ1) is 5.76. The minimum absolute atomic E-state index is 0.187. The van der Waals surface area contributed by atoms with Crippen molar-refractivity contribution in [2.24, 2.45) is 5.73 Å². The molecule has 2 N–H and O–H groups in total. The van der Waals surface area contributed by atoms with Gasteiger partial charge in [-0.2, -0.15) is 0 Å². The zero-order chi connectivity index (χ0) is 4.99. The van der Waals surface area contributed by atoms with Crippen molar-refractivity contribution in [3.8, 4) is 0 Å². The third-order valence-corrected chi connectivity index (χ3v) is 0.585. The van der Waals surface area contributed by atoms with Crippen molar-refractivity contribution in [1.82, 2.24) is 0 Å². The van der Waals surface area contributed by atoms with Crippen LogP contribution in [0.2, 0.25) is 0 Å². The Hall–Kier alpha value is -0.240. The van der Waals surface area contributed by atoms with E-state index in [9.17, 15) is 4.79 Å². The fourth-order valence-electron chi connectivity index (χ4n) is 0.0417. The topological polar surface area (TPSA) is 43.1 Å². The van der Waals surface area contributed by atoms with E-state index in [0.29, 0.717) is 0 Å². The summed E-state index contributed by atoms with van der Waals surface area (Å²) in [7, 11) is 0. The zero-order valence-corrected chi connectivity index (χ0v) is 4.03. The molecule has 0 aliphatic carbocycles. The second-order valence-electron chi connectivity index (χ2n) is 0.753. The van der Waals surface area contributed by atoms with Gasteiger partial charge in [0.1, 0.15) is 5.94 Å². The van der Waals surface area contributed by atoms with Crippen LogP contribution in [0.5, 0.6) is 0 Å². The molecule has 0 fully saturated rings. The van der Waals surface area contributed by atoms with Crippen LogP contribution in [0.4, 0.5) is 0 Å². The van der Waals surface area contributed by atoms with E-state index < -0.39 is 0 Å². The smallest absolute Gasteiger partial charge is 0.135 e. The summed E-state index contributed by atoms with van der Waals surface area (Å²) in [5, 5.41) is 0. The van der Waals surface area contributed by atoms with Crippen LogP contribution < -0.4 is 5.73 Å².